The van der Waals surface area contributed by atoms with Gasteiger partial charge in [0.15, 0.2) is 0 Å². The Labute approximate surface area is 122 Å². The fourth-order valence-electron chi connectivity index (χ4n) is 2.03. The van der Waals surface area contributed by atoms with Crippen molar-refractivity contribution in [1.29, 1.82) is 0 Å². The molecule has 2 rings (SSSR count). The van der Waals surface area contributed by atoms with Gasteiger partial charge in [-0.25, -0.2) is 0 Å². The van der Waals surface area contributed by atoms with Crippen LogP contribution in [-0.4, -0.2) is 12.2 Å². The summed E-state index contributed by atoms with van der Waals surface area (Å²) in [6, 6.07) is 14.3. The minimum atomic E-state index is -0.449. The van der Waals surface area contributed by atoms with Crippen molar-refractivity contribution in [2.45, 2.75) is 20.0 Å². The molecule has 0 aromatic heterocycles. The molecule has 0 radical (unpaired) electrons. The van der Waals surface area contributed by atoms with E-state index in [9.17, 15) is 5.11 Å². The number of aliphatic hydroxyl groups excluding tert-OH is 1. The third kappa shape index (κ3) is 3.17. The molecule has 0 saturated carbocycles. The molecule has 2 aromatic rings. The highest BCUT2D eigenvalue weighted by atomic mass is 79.9. The lowest BCUT2D eigenvalue weighted by Gasteiger charge is -2.22. The third-order valence-corrected chi connectivity index (χ3v) is 3.84. The van der Waals surface area contributed by atoms with Gasteiger partial charge >= 0.3 is 0 Å². The number of benzene rings is 2. The zero-order chi connectivity index (χ0) is 14.0. The minimum Gasteiger partial charge on any atom is -0.389 e. The summed E-state index contributed by atoms with van der Waals surface area (Å²) in [5.74, 6) is 0. The van der Waals surface area contributed by atoms with Gasteiger partial charge in [0.1, 0.15) is 0 Å². The molecule has 3 heteroatoms. The van der Waals surface area contributed by atoms with Crippen molar-refractivity contribution in [3.63, 3.8) is 0 Å². The molecule has 100 valence electrons. The summed E-state index contributed by atoms with van der Waals surface area (Å²) in [6.45, 7) is 3.86. The Morgan fingerprint density at radius 2 is 1.89 bits per heavy atom. The predicted molar refractivity (Wildman–Crippen MR) is 84.0 cm³/mol. The average Bonchev–Trinajstić information content (AvgIpc) is 2.37. The van der Waals surface area contributed by atoms with Crippen molar-refractivity contribution >= 4 is 27.3 Å². The molecule has 0 heterocycles. The van der Waals surface area contributed by atoms with E-state index in [0.29, 0.717) is 0 Å². The van der Waals surface area contributed by atoms with E-state index in [4.69, 9.17) is 0 Å². The third-order valence-electron chi connectivity index (χ3n) is 3.20. The monoisotopic (exact) mass is 319 g/mol. The van der Waals surface area contributed by atoms with Gasteiger partial charge in [-0.15, -0.1) is 0 Å². The highest BCUT2D eigenvalue weighted by Crippen LogP contribution is 2.33. The van der Waals surface area contributed by atoms with Crippen LogP contribution in [0, 0.1) is 6.92 Å². The van der Waals surface area contributed by atoms with Gasteiger partial charge in [0.05, 0.1) is 11.8 Å². The summed E-state index contributed by atoms with van der Waals surface area (Å²) < 4.78 is 0.981. The molecule has 0 aliphatic heterocycles. The predicted octanol–water partition coefficient (Wildman–Crippen LogP) is 4.58. The Hall–Kier alpha value is -1.32. The molecule has 0 fully saturated rings. The topological polar surface area (TPSA) is 23.5 Å². The van der Waals surface area contributed by atoms with Gasteiger partial charge in [0, 0.05) is 17.2 Å². The molecule has 1 atom stereocenters. The summed E-state index contributed by atoms with van der Waals surface area (Å²) in [6.07, 6.45) is -0.449. The van der Waals surface area contributed by atoms with E-state index in [1.807, 2.05) is 25.2 Å². The second-order valence-electron chi connectivity index (χ2n) is 4.78. The van der Waals surface area contributed by atoms with Crippen molar-refractivity contribution in [3.8, 4) is 0 Å². The van der Waals surface area contributed by atoms with Crippen molar-refractivity contribution in [3.05, 3.63) is 58.1 Å². The molecule has 2 aromatic carbocycles. The Kier molecular flexibility index (Phi) is 4.27. The van der Waals surface area contributed by atoms with Crippen LogP contribution < -0.4 is 4.90 Å². The number of aliphatic hydroxyl groups is 1. The van der Waals surface area contributed by atoms with E-state index < -0.39 is 6.10 Å². The first-order valence-corrected chi connectivity index (χ1v) is 7.06. The molecule has 0 aliphatic carbocycles. The van der Waals surface area contributed by atoms with Crippen molar-refractivity contribution in [2.24, 2.45) is 0 Å². The zero-order valence-corrected chi connectivity index (χ0v) is 13.0. The van der Waals surface area contributed by atoms with Gasteiger partial charge < -0.3 is 10.0 Å². The summed E-state index contributed by atoms with van der Waals surface area (Å²) in [4.78, 5) is 2.13. The van der Waals surface area contributed by atoms with Crippen LogP contribution in [0.15, 0.2) is 46.9 Å². The standard InChI is InChI=1S/C16H18BrNO/c1-11-5-4-6-14(9-11)18(3)16-8-7-13(12(2)19)10-15(16)17/h4-10,12,19H,1-3H3/t12-/m1/s1. The quantitative estimate of drug-likeness (QED) is 0.895. The van der Waals surface area contributed by atoms with Crippen molar-refractivity contribution in [1.82, 2.24) is 0 Å². The number of rotatable bonds is 3. The molecule has 1 N–H and O–H groups in total. The Bertz CT molecular complexity index is 581. The van der Waals surface area contributed by atoms with Gasteiger partial charge in [-0.3, -0.25) is 0 Å². The summed E-state index contributed by atoms with van der Waals surface area (Å²) >= 11 is 3.58. The number of anilines is 2. The molecule has 0 bridgehead atoms. The van der Waals surface area contributed by atoms with Gasteiger partial charge in [-0.1, -0.05) is 18.2 Å². The first-order chi connectivity index (χ1) is 8.99. The lowest BCUT2D eigenvalue weighted by Crippen LogP contribution is -2.10. The van der Waals surface area contributed by atoms with E-state index in [-0.39, 0.29) is 0 Å². The molecule has 0 aliphatic rings. The Balaban J connectivity index is 2.36. The summed E-state index contributed by atoms with van der Waals surface area (Å²) in [5.41, 5.74) is 4.37. The first kappa shape index (κ1) is 14.1. The summed E-state index contributed by atoms with van der Waals surface area (Å²) in [7, 11) is 2.04. The van der Waals surface area contributed by atoms with Crippen LogP contribution in [0.3, 0.4) is 0 Å². The van der Waals surface area contributed by atoms with Crippen molar-refractivity contribution in [2.75, 3.05) is 11.9 Å². The van der Waals surface area contributed by atoms with Gasteiger partial charge in [-0.05, 0) is 65.2 Å². The average molecular weight is 320 g/mol. The first-order valence-electron chi connectivity index (χ1n) is 6.27. The lowest BCUT2D eigenvalue weighted by molar-refractivity contribution is 0.199. The number of hydrogen-bond donors (Lipinski definition) is 1. The molecule has 0 saturated heterocycles. The van der Waals surface area contributed by atoms with E-state index >= 15 is 0 Å². The van der Waals surface area contributed by atoms with Crippen LogP contribution >= 0.6 is 15.9 Å². The largest absolute Gasteiger partial charge is 0.389 e. The lowest BCUT2D eigenvalue weighted by atomic mass is 10.1. The second-order valence-corrected chi connectivity index (χ2v) is 5.64. The molecule has 0 spiro atoms. The smallest absolute Gasteiger partial charge is 0.0762 e. The molecule has 0 amide bonds. The maximum atomic E-state index is 9.60. The van der Waals surface area contributed by atoms with Gasteiger partial charge in [0.2, 0.25) is 0 Å². The Morgan fingerprint density at radius 3 is 2.47 bits per heavy atom. The van der Waals surface area contributed by atoms with Crippen LogP contribution in [-0.2, 0) is 0 Å². The highest BCUT2D eigenvalue weighted by molar-refractivity contribution is 9.10. The maximum Gasteiger partial charge on any atom is 0.0762 e. The van der Waals surface area contributed by atoms with E-state index in [2.05, 4.69) is 52.0 Å². The summed E-state index contributed by atoms with van der Waals surface area (Å²) in [5, 5.41) is 9.60. The van der Waals surface area contributed by atoms with Gasteiger partial charge in [-0.2, -0.15) is 0 Å². The number of nitrogens with zero attached hydrogens (tertiary/aromatic N) is 1. The number of hydrogen-bond acceptors (Lipinski definition) is 2. The normalized spacial score (nSPS) is 12.3. The van der Waals surface area contributed by atoms with E-state index in [1.54, 1.807) is 6.92 Å². The van der Waals surface area contributed by atoms with E-state index in [0.717, 1.165) is 21.4 Å². The fraction of sp³-hybridized carbons (Fsp3) is 0.250. The molecular formula is C16H18BrNO. The molecule has 19 heavy (non-hydrogen) atoms. The number of halogens is 1. The second kappa shape index (κ2) is 5.76. The highest BCUT2D eigenvalue weighted by Gasteiger charge is 2.10. The van der Waals surface area contributed by atoms with Crippen LogP contribution in [0.4, 0.5) is 11.4 Å². The van der Waals surface area contributed by atoms with E-state index in [1.165, 1.54) is 5.56 Å². The van der Waals surface area contributed by atoms with Crippen LogP contribution in [0.2, 0.25) is 0 Å². The van der Waals surface area contributed by atoms with Crippen molar-refractivity contribution < 1.29 is 5.11 Å². The van der Waals surface area contributed by atoms with Crippen LogP contribution in [0.25, 0.3) is 0 Å². The Morgan fingerprint density at radius 1 is 1.16 bits per heavy atom. The molecular weight excluding hydrogens is 302 g/mol. The minimum absolute atomic E-state index is 0.449. The fourth-order valence-corrected chi connectivity index (χ4v) is 2.69. The molecule has 0 unspecified atom stereocenters. The zero-order valence-electron chi connectivity index (χ0n) is 11.4. The van der Waals surface area contributed by atoms with Crippen LogP contribution in [0.1, 0.15) is 24.2 Å². The SMILES string of the molecule is Cc1cccc(N(C)c2ccc([C@@H](C)O)cc2Br)c1. The molecule has 2 nitrogen and oxygen atoms in total. The van der Waals surface area contributed by atoms with Gasteiger partial charge in [0.25, 0.3) is 0 Å². The maximum absolute atomic E-state index is 9.60. The number of aryl methyl sites for hydroxylation is 1. The van der Waals surface area contributed by atoms with Crippen LogP contribution in [0.5, 0.6) is 0 Å².